The van der Waals surface area contributed by atoms with Gasteiger partial charge in [-0.15, -0.1) is 0 Å². The van der Waals surface area contributed by atoms with Gasteiger partial charge >= 0.3 is 5.97 Å². The van der Waals surface area contributed by atoms with E-state index in [1.165, 1.54) is 6.33 Å². The molecular formula is C8H12N2O2. The van der Waals surface area contributed by atoms with Crippen molar-refractivity contribution in [1.29, 1.82) is 0 Å². The Morgan fingerprint density at radius 3 is 2.92 bits per heavy atom. The Labute approximate surface area is 70.9 Å². The van der Waals surface area contributed by atoms with Gasteiger partial charge in [-0.1, -0.05) is 13.3 Å². The van der Waals surface area contributed by atoms with E-state index in [1.54, 1.807) is 4.57 Å². The molecule has 1 aromatic heterocycles. The summed E-state index contributed by atoms with van der Waals surface area (Å²) in [4.78, 5) is 14.4. The van der Waals surface area contributed by atoms with E-state index in [9.17, 15) is 4.79 Å². The zero-order chi connectivity index (χ0) is 9.14. The number of imidazole rings is 1. The molecule has 1 aromatic rings. The predicted molar refractivity (Wildman–Crippen MR) is 44.2 cm³/mol. The van der Waals surface area contributed by atoms with Crippen molar-refractivity contribution in [3.8, 4) is 0 Å². The molecule has 1 N–H and O–H groups in total. The molecule has 0 aliphatic carbocycles. The third-order valence-corrected chi connectivity index (χ3v) is 1.75. The van der Waals surface area contributed by atoms with Crippen LogP contribution in [0.2, 0.25) is 0 Å². The summed E-state index contributed by atoms with van der Waals surface area (Å²) in [7, 11) is 1.81. The molecule has 0 amide bonds. The number of carbonyl (C=O) groups is 1. The maximum Gasteiger partial charge on any atom is 0.356 e. The van der Waals surface area contributed by atoms with E-state index in [-0.39, 0.29) is 5.69 Å². The van der Waals surface area contributed by atoms with Gasteiger partial charge in [-0.3, -0.25) is 0 Å². The van der Waals surface area contributed by atoms with Gasteiger partial charge < -0.3 is 9.67 Å². The van der Waals surface area contributed by atoms with Crippen molar-refractivity contribution in [3.05, 3.63) is 17.7 Å². The molecule has 1 rings (SSSR count). The SMILES string of the molecule is CCCc1c(C(=O)O)ncn1C. The lowest BCUT2D eigenvalue weighted by Gasteiger charge is -2.00. The Balaban J connectivity index is 3.03. The van der Waals surface area contributed by atoms with E-state index in [0.717, 1.165) is 18.5 Å². The van der Waals surface area contributed by atoms with Gasteiger partial charge in [0.25, 0.3) is 0 Å². The van der Waals surface area contributed by atoms with Crippen LogP contribution in [0.5, 0.6) is 0 Å². The third kappa shape index (κ3) is 1.47. The zero-order valence-corrected chi connectivity index (χ0v) is 7.24. The molecule has 66 valence electrons. The fourth-order valence-corrected chi connectivity index (χ4v) is 1.17. The fourth-order valence-electron chi connectivity index (χ4n) is 1.17. The van der Waals surface area contributed by atoms with Crippen molar-refractivity contribution in [1.82, 2.24) is 9.55 Å². The van der Waals surface area contributed by atoms with Crippen molar-refractivity contribution in [2.24, 2.45) is 7.05 Å². The highest BCUT2D eigenvalue weighted by atomic mass is 16.4. The molecule has 0 atom stereocenters. The average Bonchev–Trinajstić information content (AvgIpc) is 2.34. The number of aromatic carboxylic acids is 1. The van der Waals surface area contributed by atoms with E-state index in [1.807, 2.05) is 14.0 Å². The molecule has 0 fully saturated rings. The van der Waals surface area contributed by atoms with Crippen LogP contribution >= 0.6 is 0 Å². The topological polar surface area (TPSA) is 55.1 Å². The Morgan fingerprint density at radius 2 is 2.42 bits per heavy atom. The summed E-state index contributed by atoms with van der Waals surface area (Å²) >= 11 is 0. The largest absolute Gasteiger partial charge is 0.476 e. The molecule has 4 heteroatoms. The summed E-state index contributed by atoms with van der Waals surface area (Å²) in [5.74, 6) is -0.945. The highest BCUT2D eigenvalue weighted by molar-refractivity contribution is 5.86. The quantitative estimate of drug-likeness (QED) is 0.734. The number of hydrogen-bond acceptors (Lipinski definition) is 2. The average molecular weight is 168 g/mol. The van der Waals surface area contributed by atoms with Crippen molar-refractivity contribution in [2.45, 2.75) is 19.8 Å². The van der Waals surface area contributed by atoms with Crippen molar-refractivity contribution in [3.63, 3.8) is 0 Å². The molecule has 4 nitrogen and oxygen atoms in total. The first-order chi connectivity index (χ1) is 5.66. The molecule has 0 aromatic carbocycles. The van der Waals surface area contributed by atoms with E-state index < -0.39 is 5.97 Å². The van der Waals surface area contributed by atoms with Gasteiger partial charge in [-0.05, 0) is 6.42 Å². The molecule has 0 bridgehead atoms. The van der Waals surface area contributed by atoms with Gasteiger partial charge in [0, 0.05) is 7.05 Å². The van der Waals surface area contributed by atoms with Gasteiger partial charge in [0.05, 0.1) is 12.0 Å². The van der Waals surface area contributed by atoms with Crippen molar-refractivity contribution in [2.75, 3.05) is 0 Å². The molecule has 0 aliphatic heterocycles. The minimum atomic E-state index is -0.945. The lowest BCUT2D eigenvalue weighted by atomic mass is 10.2. The second-order valence-corrected chi connectivity index (χ2v) is 2.71. The number of aromatic nitrogens is 2. The van der Waals surface area contributed by atoms with Crippen LogP contribution in [-0.4, -0.2) is 20.6 Å². The van der Waals surface area contributed by atoms with Gasteiger partial charge in [0.1, 0.15) is 0 Å². The summed E-state index contributed by atoms with van der Waals surface area (Å²) in [6, 6.07) is 0. The summed E-state index contributed by atoms with van der Waals surface area (Å²) in [6.07, 6.45) is 3.23. The monoisotopic (exact) mass is 168 g/mol. The lowest BCUT2D eigenvalue weighted by Crippen LogP contribution is -2.04. The molecule has 0 spiro atoms. The Kier molecular flexibility index (Phi) is 2.47. The molecule has 12 heavy (non-hydrogen) atoms. The van der Waals surface area contributed by atoms with Crippen LogP contribution < -0.4 is 0 Å². The van der Waals surface area contributed by atoms with Gasteiger partial charge in [0.15, 0.2) is 5.69 Å². The van der Waals surface area contributed by atoms with Crippen LogP contribution in [0.1, 0.15) is 29.5 Å². The van der Waals surface area contributed by atoms with E-state index >= 15 is 0 Å². The van der Waals surface area contributed by atoms with Gasteiger partial charge in [0.2, 0.25) is 0 Å². The van der Waals surface area contributed by atoms with E-state index in [2.05, 4.69) is 4.98 Å². The molecule has 0 saturated carbocycles. The molecule has 1 heterocycles. The first-order valence-electron chi connectivity index (χ1n) is 3.90. The lowest BCUT2D eigenvalue weighted by molar-refractivity contribution is 0.0689. The van der Waals surface area contributed by atoms with Crippen LogP contribution in [0.15, 0.2) is 6.33 Å². The summed E-state index contributed by atoms with van der Waals surface area (Å²) in [5, 5.41) is 8.73. The molecule has 0 radical (unpaired) electrons. The van der Waals surface area contributed by atoms with Crippen LogP contribution in [0.3, 0.4) is 0 Å². The number of nitrogens with zero attached hydrogens (tertiary/aromatic N) is 2. The normalized spacial score (nSPS) is 10.2. The Hall–Kier alpha value is -1.32. The minimum absolute atomic E-state index is 0.180. The third-order valence-electron chi connectivity index (χ3n) is 1.75. The van der Waals surface area contributed by atoms with Crippen LogP contribution in [0.4, 0.5) is 0 Å². The molecule has 0 aliphatic rings. The van der Waals surface area contributed by atoms with Gasteiger partial charge in [-0.25, -0.2) is 9.78 Å². The molecule has 0 saturated heterocycles. The van der Waals surface area contributed by atoms with Crippen molar-refractivity contribution < 1.29 is 9.90 Å². The second kappa shape index (κ2) is 3.38. The second-order valence-electron chi connectivity index (χ2n) is 2.71. The minimum Gasteiger partial charge on any atom is -0.476 e. The van der Waals surface area contributed by atoms with E-state index in [4.69, 9.17) is 5.11 Å². The maximum absolute atomic E-state index is 10.6. The summed E-state index contributed by atoms with van der Waals surface area (Å²) in [6.45, 7) is 2.01. The first kappa shape index (κ1) is 8.77. The smallest absolute Gasteiger partial charge is 0.356 e. The highest BCUT2D eigenvalue weighted by Gasteiger charge is 2.13. The summed E-state index contributed by atoms with van der Waals surface area (Å²) < 4.78 is 1.76. The molecular weight excluding hydrogens is 156 g/mol. The van der Waals surface area contributed by atoms with Crippen LogP contribution in [0.25, 0.3) is 0 Å². The number of carboxylic acids is 1. The van der Waals surface area contributed by atoms with Crippen LogP contribution in [-0.2, 0) is 13.5 Å². The van der Waals surface area contributed by atoms with Crippen LogP contribution in [0, 0.1) is 0 Å². The maximum atomic E-state index is 10.6. The zero-order valence-electron chi connectivity index (χ0n) is 7.24. The van der Waals surface area contributed by atoms with E-state index in [0.29, 0.717) is 0 Å². The first-order valence-corrected chi connectivity index (χ1v) is 3.90. The van der Waals surface area contributed by atoms with Crippen molar-refractivity contribution >= 4 is 5.97 Å². The summed E-state index contributed by atoms with van der Waals surface area (Å²) in [5.41, 5.74) is 0.976. The Morgan fingerprint density at radius 1 is 1.75 bits per heavy atom. The van der Waals surface area contributed by atoms with Gasteiger partial charge in [-0.2, -0.15) is 0 Å². The number of carboxylic acid groups (broad SMARTS) is 1. The number of hydrogen-bond donors (Lipinski definition) is 1. The number of aryl methyl sites for hydroxylation is 1. The fraction of sp³-hybridized carbons (Fsp3) is 0.500. The standard InChI is InChI=1S/C8H12N2O2/c1-3-4-6-7(8(11)12)9-5-10(6)2/h5H,3-4H2,1-2H3,(H,11,12). The highest BCUT2D eigenvalue weighted by Crippen LogP contribution is 2.08. The number of rotatable bonds is 3. The Bertz CT molecular complexity index is 291. The molecule has 0 unspecified atom stereocenters. The predicted octanol–water partition coefficient (Wildman–Crippen LogP) is 1.07.